The van der Waals surface area contributed by atoms with Gasteiger partial charge in [0.25, 0.3) is 6.43 Å². The Hall–Kier alpha value is -1.55. The number of hydrogen-bond donors (Lipinski definition) is 1. The van der Waals surface area contributed by atoms with E-state index in [1.807, 2.05) is 0 Å². The van der Waals surface area contributed by atoms with Gasteiger partial charge in [-0.25, -0.2) is 13.8 Å². The summed E-state index contributed by atoms with van der Waals surface area (Å²) in [5, 5.41) is 17.5. The fraction of sp³-hybridized carbons (Fsp3) is 0.300. The van der Waals surface area contributed by atoms with Crippen LogP contribution in [0.2, 0.25) is 0 Å². The number of aromatic nitrogens is 1. The van der Waals surface area contributed by atoms with Crippen molar-refractivity contribution >= 4 is 21.9 Å². The van der Waals surface area contributed by atoms with Gasteiger partial charge in [0.05, 0.1) is 6.42 Å². The standard InChI is InChI=1S/C10H7BrF2N2O2/c11-3-5-1-6(4-14)15-9(10(12)13)7(5)2-8(16)17/h1,10H,2-3H2,(H,16,17). The van der Waals surface area contributed by atoms with Crippen molar-refractivity contribution in [2.75, 3.05) is 0 Å². The van der Waals surface area contributed by atoms with Crippen LogP contribution in [0, 0.1) is 11.3 Å². The second-order valence-corrected chi connectivity index (χ2v) is 3.71. The minimum Gasteiger partial charge on any atom is -0.481 e. The number of aliphatic carboxylic acids is 1. The molecule has 0 atom stereocenters. The SMILES string of the molecule is N#Cc1cc(CBr)c(CC(=O)O)c(C(F)F)n1. The molecule has 0 amide bonds. The third-order valence-corrected chi connectivity index (χ3v) is 2.65. The molecule has 1 heterocycles. The zero-order valence-electron chi connectivity index (χ0n) is 8.45. The highest BCUT2D eigenvalue weighted by molar-refractivity contribution is 9.08. The lowest BCUT2D eigenvalue weighted by molar-refractivity contribution is -0.136. The lowest BCUT2D eigenvalue weighted by Gasteiger charge is -2.11. The van der Waals surface area contributed by atoms with Gasteiger partial charge in [0, 0.05) is 5.33 Å². The van der Waals surface area contributed by atoms with Crippen LogP contribution in [0.1, 0.15) is 28.9 Å². The molecule has 17 heavy (non-hydrogen) atoms. The van der Waals surface area contributed by atoms with E-state index in [0.717, 1.165) is 0 Å². The molecule has 1 aromatic heterocycles. The Morgan fingerprint density at radius 1 is 1.65 bits per heavy atom. The van der Waals surface area contributed by atoms with E-state index in [1.165, 1.54) is 6.07 Å². The largest absolute Gasteiger partial charge is 0.481 e. The first-order chi connectivity index (χ1) is 7.99. The molecule has 0 saturated heterocycles. The van der Waals surface area contributed by atoms with Gasteiger partial charge in [-0.05, 0) is 17.2 Å². The molecule has 1 N–H and O–H groups in total. The first-order valence-electron chi connectivity index (χ1n) is 4.48. The fourth-order valence-corrected chi connectivity index (χ4v) is 1.86. The molecule has 0 aromatic carbocycles. The Morgan fingerprint density at radius 2 is 2.29 bits per heavy atom. The third-order valence-electron chi connectivity index (χ3n) is 2.04. The summed E-state index contributed by atoms with van der Waals surface area (Å²) in [6.07, 6.45) is -3.45. The second-order valence-electron chi connectivity index (χ2n) is 3.15. The first kappa shape index (κ1) is 13.5. The van der Waals surface area contributed by atoms with Crippen LogP contribution in [0.15, 0.2) is 6.07 Å². The summed E-state index contributed by atoms with van der Waals surface area (Å²) in [5.41, 5.74) is -0.484. The molecule has 0 aliphatic heterocycles. The fourth-order valence-electron chi connectivity index (χ4n) is 1.36. The van der Waals surface area contributed by atoms with Gasteiger partial charge in [-0.2, -0.15) is 5.26 Å². The quantitative estimate of drug-likeness (QED) is 0.867. The van der Waals surface area contributed by atoms with Crippen molar-refractivity contribution in [1.29, 1.82) is 5.26 Å². The van der Waals surface area contributed by atoms with E-state index in [2.05, 4.69) is 20.9 Å². The Kier molecular flexibility index (Phi) is 4.52. The maximum atomic E-state index is 12.7. The lowest BCUT2D eigenvalue weighted by Crippen LogP contribution is -2.10. The van der Waals surface area contributed by atoms with Gasteiger partial charge in [-0.15, -0.1) is 0 Å². The summed E-state index contributed by atoms with van der Waals surface area (Å²) in [7, 11) is 0. The molecule has 0 bridgehead atoms. The highest BCUT2D eigenvalue weighted by Crippen LogP contribution is 2.26. The van der Waals surface area contributed by atoms with Crippen molar-refractivity contribution in [3.8, 4) is 6.07 Å². The number of rotatable bonds is 4. The van der Waals surface area contributed by atoms with Crippen molar-refractivity contribution in [3.63, 3.8) is 0 Å². The van der Waals surface area contributed by atoms with Gasteiger partial charge in [0.15, 0.2) is 0 Å². The molecule has 4 nitrogen and oxygen atoms in total. The number of nitriles is 1. The number of carboxylic acids is 1. The highest BCUT2D eigenvalue weighted by atomic mass is 79.9. The molecule has 0 unspecified atom stereocenters. The lowest BCUT2D eigenvalue weighted by atomic mass is 10.0. The van der Waals surface area contributed by atoms with Crippen LogP contribution < -0.4 is 0 Å². The Morgan fingerprint density at radius 3 is 2.71 bits per heavy atom. The van der Waals surface area contributed by atoms with Gasteiger partial charge in [-0.3, -0.25) is 4.79 Å². The molecule has 0 spiro atoms. The molecule has 0 radical (unpaired) electrons. The van der Waals surface area contributed by atoms with Crippen LogP contribution in [0.3, 0.4) is 0 Å². The normalized spacial score (nSPS) is 10.3. The van der Waals surface area contributed by atoms with Crippen LogP contribution in [0.4, 0.5) is 8.78 Å². The van der Waals surface area contributed by atoms with E-state index in [0.29, 0.717) is 5.56 Å². The molecule has 7 heteroatoms. The Labute approximate surface area is 104 Å². The number of carbonyl (C=O) groups is 1. The predicted octanol–water partition coefficient (Wildman–Crippen LogP) is 2.41. The topological polar surface area (TPSA) is 74.0 Å². The molecular formula is C10H7BrF2N2O2. The summed E-state index contributed by atoms with van der Waals surface area (Å²) >= 11 is 3.07. The molecule has 0 aliphatic rings. The molecule has 1 rings (SSSR count). The van der Waals surface area contributed by atoms with E-state index in [1.54, 1.807) is 6.07 Å². The Balaban J connectivity index is 3.41. The molecule has 90 valence electrons. The van der Waals surface area contributed by atoms with Crippen LogP contribution in [0.25, 0.3) is 0 Å². The minimum absolute atomic E-state index is 0.0385. The van der Waals surface area contributed by atoms with Gasteiger partial charge in [-0.1, -0.05) is 15.9 Å². The van der Waals surface area contributed by atoms with E-state index >= 15 is 0 Å². The number of alkyl halides is 3. The summed E-state index contributed by atoms with van der Waals surface area (Å²) in [6.45, 7) is 0. The third kappa shape index (κ3) is 3.20. The summed E-state index contributed by atoms with van der Waals surface area (Å²) in [5.74, 6) is -1.22. The van der Waals surface area contributed by atoms with Crippen LogP contribution in [-0.4, -0.2) is 16.1 Å². The van der Waals surface area contributed by atoms with Crippen LogP contribution in [0.5, 0.6) is 0 Å². The van der Waals surface area contributed by atoms with E-state index in [9.17, 15) is 13.6 Å². The number of pyridine rings is 1. The number of halogens is 3. The molecular weight excluding hydrogens is 298 g/mol. The van der Waals surface area contributed by atoms with Crippen molar-refractivity contribution in [2.45, 2.75) is 18.2 Å². The average molecular weight is 305 g/mol. The zero-order chi connectivity index (χ0) is 13.0. The molecule has 0 fully saturated rings. The summed E-state index contributed by atoms with van der Waals surface area (Å²) < 4.78 is 25.5. The van der Waals surface area contributed by atoms with Crippen molar-refractivity contribution in [3.05, 3.63) is 28.6 Å². The van der Waals surface area contributed by atoms with Crippen molar-refractivity contribution < 1.29 is 18.7 Å². The number of nitrogens with zero attached hydrogens (tertiary/aromatic N) is 2. The van der Waals surface area contributed by atoms with Gasteiger partial charge in [0.1, 0.15) is 17.5 Å². The zero-order valence-corrected chi connectivity index (χ0v) is 10.0. The number of hydrogen-bond acceptors (Lipinski definition) is 3. The average Bonchev–Trinajstić information content (AvgIpc) is 2.28. The predicted molar refractivity (Wildman–Crippen MR) is 57.9 cm³/mol. The maximum absolute atomic E-state index is 12.7. The summed E-state index contributed by atoms with van der Waals surface area (Å²) in [6, 6.07) is 2.97. The molecule has 0 aliphatic carbocycles. The second kappa shape index (κ2) is 5.68. The first-order valence-corrected chi connectivity index (χ1v) is 5.60. The van der Waals surface area contributed by atoms with Gasteiger partial charge in [0.2, 0.25) is 0 Å². The van der Waals surface area contributed by atoms with Crippen molar-refractivity contribution in [1.82, 2.24) is 4.98 Å². The monoisotopic (exact) mass is 304 g/mol. The maximum Gasteiger partial charge on any atom is 0.307 e. The van der Waals surface area contributed by atoms with E-state index in [4.69, 9.17) is 10.4 Å². The molecule has 1 aromatic rings. The summed E-state index contributed by atoms with van der Waals surface area (Å²) in [4.78, 5) is 14.1. The molecule has 0 saturated carbocycles. The van der Waals surface area contributed by atoms with Crippen LogP contribution in [-0.2, 0) is 16.5 Å². The van der Waals surface area contributed by atoms with E-state index < -0.39 is 24.5 Å². The minimum atomic E-state index is -2.91. The number of carboxylic acid groups (broad SMARTS) is 1. The van der Waals surface area contributed by atoms with Crippen molar-refractivity contribution in [2.24, 2.45) is 0 Å². The van der Waals surface area contributed by atoms with Gasteiger partial charge >= 0.3 is 5.97 Å². The van der Waals surface area contributed by atoms with Gasteiger partial charge < -0.3 is 5.11 Å². The Bertz CT molecular complexity index is 486. The van der Waals surface area contributed by atoms with Crippen LogP contribution >= 0.6 is 15.9 Å². The smallest absolute Gasteiger partial charge is 0.307 e. The highest BCUT2D eigenvalue weighted by Gasteiger charge is 2.21. The van der Waals surface area contributed by atoms with E-state index in [-0.39, 0.29) is 16.6 Å².